The van der Waals surface area contributed by atoms with Crippen molar-refractivity contribution >= 4 is 34.5 Å². The van der Waals surface area contributed by atoms with Gasteiger partial charge in [0.25, 0.3) is 5.91 Å². The van der Waals surface area contributed by atoms with E-state index >= 15 is 0 Å². The van der Waals surface area contributed by atoms with Gasteiger partial charge in [0.05, 0.1) is 26.8 Å². The van der Waals surface area contributed by atoms with Crippen molar-refractivity contribution in [3.8, 4) is 10.6 Å². The summed E-state index contributed by atoms with van der Waals surface area (Å²) in [5, 5.41) is 5.33. The van der Waals surface area contributed by atoms with E-state index in [1.54, 1.807) is 35.7 Å². The number of hydrogen-bond donors (Lipinski definition) is 1. The van der Waals surface area contributed by atoms with Gasteiger partial charge in [0, 0.05) is 6.20 Å². The van der Waals surface area contributed by atoms with Crippen molar-refractivity contribution in [3.63, 3.8) is 0 Å². The number of hydrogen-bond acceptors (Lipinski definition) is 3. The number of amides is 1. The Bertz CT molecular complexity index is 815. The number of benzene rings is 1. The lowest BCUT2D eigenvalue weighted by Gasteiger charge is -2.10. The highest BCUT2D eigenvalue weighted by molar-refractivity contribution is 7.13. The first-order valence-corrected chi connectivity index (χ1v) is 7.97. The van der Waals surface area contributed by atoms with Crippen LogP contribution < -0.4 is 5.32 Å². The van der Waals surface area contributed by atoms with Gasteiger partial charge in [0.15, 0.2) is 0 Å². The van der Waals surface area contributed by atoms with Crippen molar-refractivity contribution in [3.05, 3.63) is 70.2 Å². The summed E-state index contributed by atoms with van der Waals surface area (Å²) >= 11 is 7.72. The molecule has 3 nitrogen and oxygen atoms in total. The Hall–Kier alpha value is -2.17. The van der Waals surface area contributed by atoms with Crippen molar-refractivity contribution in [1.29, 1.82) is 0 Å². The summed E-state index contributed by atoms with van der Waals surface area (Å²) in [6.45, 7) is 1.95. The van der Waals surface area contributed by atoms with Crippen molar-refractivity contribution < 1.29 is 4.79 Å². The molecule has 2 aromatic heterocycles. The lowest BCUT2D eigenvalue weighted by Crippen LogP contribution is -2.14. The molecule has 3 aromatic rings. The Morgan fingerprint density at radius 2 is 2.09 bits per heavy atom. The average molecular weight is 329 g/mol. The predicted molar refractivity (Wildman–Crippen MR) is 91.7 cm³/mol. The van der Waals surface area contributed by atoms with Gasteiger partial charge in [-0.25, -0.2) is 0 Å². The quantitative estimate of drug-likeness (QED) is 0.733. The number of aromatic nitrogens is 1. The van der Waals surface area contributed by atoms with Gasteiger partial charge in [-0.15, -0.1) is 11.3 Å². The standard InChI is InChI=1S/C17H13ClN2OS/c1-11-6-7-14(13(18)10-11)20-17(21)12-4-2-8-19-16(12)15-5-3-9-22-15/h2-10H,1H3,(H,20,21). The minimum absolute atomic E-state index is 0.220. The van der Waals surface area contributed by atoms with E-state index in [1.807, 2.05) is 36.6 Å². The number of nitrogens with zero attached hydrogens (tertiary/aromatic N) is 1. The van der Waals surface area contributed by atoms with Crippen LogP contribution in [0.5, 0.6) is 0 Å². The topological polar surface area (TPSA) is 42.0 Å². The van der Waals surface area contributed by atoms with E-state index in [1.165, 1.54) is 0 Å². The fourth-order valence-electron chi connectivity index (χ4n) is 2.11. The third kappa shape index (κ3) is 3.03. The summed E-state index contributed by atoms with van der Waals surface area (Å²) in [5.41, 5.74) is 2.85. The molecule has 0 fully saturated rings. The maximum Gasteiger partial charge on any atom is 0.257 e. The molecule has 110 valence electrons. The highest BCUT2D eigenvalue weighted by Gasteiger charge is 2.15. The third-order valence-corrected chi connectivity index (χ3v) is 4.37. The Morgan fingerprint density at radius 1 is 1.23 bits per heavy atom. The summed E-state index contributed by atoms with van der Waals surface area (Å²) in [4.78, 5) is 17.9. The molecule has 2 heterocycles. The van der Waals surface area contributed by atoms with E-state index in [0.29, 0.717) is 22.0 Å². The molecule has 3 rings (SSSR count). The van der Waals surface area contributed by atoms with Crippen LogP contribution in [-0.4, -0.2) is 10.9 Å². The van der Waals surface area contributed by atoms with Crippen LogP contribution in [0.2, 0.25) is 5.02 Å². The maximum absolute atomic E-state index is 12.6. The second kappa shape index (κ2) is 6.30. The smallest absolute Gasteiger partial charge is 0.257 e. The zero-order valence-electron chi connectivity index (χ0n) is 11.8. The number of nitrogens with one attached hydrogen (secondary N) is 1. The average Bonchev–Trinajstić information content (AvgIpc) is 3.04. The van der Waals surface area contributed by atoms with Gasteiger partial charge >= 0.3 is 0 Å². The van der Waals surface area contributed by atoms with Gasteiger partial charge in [-0.05, 0) is 48.2 Å². The van der Waals surface area contributed by atoms with Crippen LogP contribution in [0.1, 0.15) is 15.9 Å². The minimum atomic E-state index is -0.220. The van der Waals surface area contributed by atoms with E-state index in [0.717, 1.165) is 10.4 Å². The second-order valence-corrected chi connectivity index (χ2v) is 6.17. The number of aryl methyl sites for hydroxylation is 1. The molecule has 1 amide bonds. The SMILES string of the molecule is Cc1ccc(NC(=O)c2cccnc2-c2cccs2)c(Cl)c1. The molecule has 0 saturated carbocycles. The summed E-state index contributed by atoms with van der Waals surface area (Å²) in [6.07, 6.45) is 1.69. The van der Waals surface area contributed by atoms with Gasteiger partial charge < -0.3 is 5.32 Å². The molecular weight excluding hydrogens is 316 g/mol. The lowest BCUT2D eigenvalue weighted by molar-refractivity contribution is 0.102. The molecule has 1 N–H and O–H groups in total. The molecule has 0 aliphatic rings. The van der Waals surface area contributed by atoms with Crippen LogP contribution in [0.25, 0.3) is 10.6 Å². The molecule has 0 atom stereocenters. The fraction of sp³-hybridized carbons (Fsp3) is 0.0588. The zero-order valence-corrected chi connectivity index (χ0v) is 13.4. The lowest BCUT2D eigenvalue weighted by atomic mass is 10.1. The largest absolute Gasteiger partial charge is 0.321 e. The third-order valence-electron chi connectivity index (χ3n) is 3.18. The molecule has 22 heavy (non-hydrogen) atoms. The normalized spacial score (nSPS) is 10.5. The van der Waals surface area contributed by atoms with Crippen molar-refractivity contribution in [2.24, 2.45) is 0 Å². The molecule has 1 aromatic carbocycles. The Kier molecular flexibility index (Phi) is 4.22. The molecule has 0 spiro atoms. The second-order valence-electron chi connectivity index (χ2n) is 4.81. The fourth-order valence-corrected chi connectivity index (χ4v) is 3.13. The first-order valence-electron chi connectivity index (χ1n) is 6.71. The zero-order chi connectivity index (χ0) is 15.5. The van der Waals surface area contributed by atoms with Crippen LogP contribution in [0, 0.1) is 6.92 Å². The van der Waals surface area contributed by atoms with E-state index in [2.05, 4.69) is 10.3 Å². The van der Waals surface area contributed by atoms with E-state index in [4.69, 9.17) is 11.6 Å². The summed E-state index contributed by atoms with van der Waals surface area (Å²) in [6, 6.07) is 12.9. The minimum Gasteiger partial charge on any atom is -0.321 e. The number of carbonyl (C=O) groups excluding carboxylic acids is 1. The number of carbonyl (C=O) groups is 1. The number of halogens is 1. The van der Waals surface area contributed by atoms with E-state index in [-0.39, 0.29) is 5.91 Å². The molecule has 0 aliphatic carbocycles. The van der Waals surface area contributed by atoms with E-state index < -0.39 is 0 Å². The summed E-state index contributed by atoms with van der Waals surface area (Å²) < 4.78 is 0. The summed E-state index contributed by atoms with van der Waals surface area (Å²) in [5.74, 6) is -0.220. The highest BCUT2D eigenvalue weighted by atomic mass is 35.5. The van der Waals surface area contributed by atoms with Crippen LogP contribution in [-0.2, 0) is 0 Å². The predicted octanol–water partition coefficient (Wildman–Crippen LogP) is 5.02. The molecule has 5 heteroatoms. The first-order chi connectivity index (χ1) is 10.6. The van der Waals surface area contributed by atoms with Gasteiger partial charge in [-0.2, -0.15) is 0 Å². The Balaban J connectivity index is 1.93. The number of anilines is 1. The van der Waals surface area contributed by atoms with Gasteiger partial charge in [0.1, 0.15) is 0 Å². The first kappa shape index (κ1) is 14.8. The maximum atomic E-state index is 12.6. The Morgan fingerprint density at radius 3 is 2.82 bits per heavy atom. The Labute approximate surface area is 137 Å². The van der Waals surface area contributed by atoms with Crippen molar-refractivity contribution in [1.82, 2.24) is 4.98 Å². The molecule has 0 unspecified atom stereocenters. The number of rotatable bonds is 3. The van der Waals surface area contributed by atoms with Crippen LogP contribution >= 0.6 is 22.9 Å². The number of thiophene rings is 1. The summed E-state index contributed by atoms with van der Waals surface area (Å²) in [7, 11) is 0. The number of pyridine rings is 1. The molecule has 0 bridgehead atoms. The van der Waals surface area contributed by atoms with Crippen LogP contribution in [0.3, 0.4) is 0 Å². The van der Waals surface area contributed by atoms with Gasteiger partial charge in [0.2, 0.25) is 0 Å². The van der Waals surface area contributed by atoms with Crippen molar-refractivity contribution in [2.75, 3.05) is 5.32 Å². The monoisotopic (exact) mass is 328 g/mol. The molecule has 0 aliphatic heterocycles. The van der Waals surface area contributed by atoms with Gasteiger partial charge in [-0.3, -0.25) is 9.78 Å². The highest BCUT2D eigenvalue weighted by Crippen LogP contribution is 2.28. The molecule has 0 radical (unpaired) electrons. The molecular formula is C17H13ClN2OS. The van der Waals surface area contributed by atoms with E-state index in [9.17, 15) is 4.79 Å². The van der Waals surface area contributed by atoms with Crippen LogP contribution in [0.15, 0.2) is 54.0 Å². The van der Waals surface area contributed by atoms with Gasteiger partial charge in [-0.1, -0.05) is 23.7 Å². The molecule has 0 saturated heterocycles. The van der Waals surface area contributed by atoms with Crippen molar-refractivity contribution in [2.45, 2.75) is 6.92 Å². The van der Waals surface area contributed by atoms with Crippen LogP contribution in [0.4, 0.5) is 5.69 Å².